The predicted octanol–water partition coefficient (Wildman–Crippen LogP) is 8.62. The molecule has 0 saturated heterocycles. The van der Waals surface area contributed by atoms with Crippen LogP contribution in [0.4, 0.5) is 0 Å². The largest absolute Gasteiger partial charge is 0.449 e. The average molecular weight is 454 g/mol. The Morgan fingerprint density at radius 3 is 2.17 bits per heavy atom. The molecule has 2 heterocycles. The number of ether oxygens (including phenoxy) is 2. The van der Waals surface area contributed by atoms with Gasteiger partial charge in [0.15, 0.2) is 23.0 Å². The molecule has 5 aromatic rings. The first-order chi connectivity index (χ1) is 17.1. The van der Waals surface area contributed by atoms with Crippen LogP contribution >= 0.6 is 0 Å². The van der Waals surface area contributed by atoms with Crippen molar-refractivity contribution in [1.82, 2.24) is 4.98 Å². The summed E-state index contributed by atoms with van der Waals surface area (Å²) in [7, 11) is 0. The van der Waals surface area contributed by atoms with Gasteiger partial charge in [-0.15, -0.1) is 0 Å². The van der Waals surface area contributed by atoms with Crippen LogP contribution in [0.5, 0.6) is 23.0 Å². The van der Waals surface area contributed by atoms with Crippen LogP contribution in [0.3, 0.4) is 0 Å². The zero-order chi connectivity index (χ0) is 23.6. The molecule has 0 fully saturated rings. The Morgan fingerprint density at radius 2 is 1.29 bits per heavy atom. The number of hydrogen-bond acceptors (Lipinski definition) is 3. The minimum atomic E-state index is -0.0943. The van der Waals surface area contributed by atoms with E-state index in [1.165, 1.54) is 22.3 Å². The maximum absolute atomic E-state index is 6.59. The number of aromatic nitrogens is 1. The summed E-state index contributed by atoms with van der Waals surface area (Å²) in [5, 5.41) is 0. The summed E-state index contributed by atoms with van der Waals surface area (Å²) < 4.78 is 13.0. The van der Waals surface area contributed by atoms with E-state index in [2.05, 4.69) is 85.6 Å². The van der Waals surface area contributed by atoms with Crippen molar-refractivity contribution in [3.8, 4) is 56.4 Å². The van der Waals surface area contributed by atoms with E-state index < -0.39 is 0 Å². The number of fused-ring (bicyclic) bond motifs is 5. The molecule has 4 aromatic carbocycles. The highest BCUT2D eigenvalue weighted by Crippen LogP contribution is 2.56. The smallest absolute Gasteiger partial charge is 0.177 e. The van der Waals surface area contributed by atoms with Crippen LogP contribution in [-0.4, -0.2) is 4.98 Å². The minimum Gasteiger partial charge on any atom is -0.449 e. The molecular formula is C32H23NO2. The highest BCUT2D eigenvalue weighted by molar-refractivity contribution is 5.84. The summed E-state index contributed by atoms with van der Waals surface area (Å²) in [4.78, 5) is 4.14. The van der Waals surface area contributed by atoms with E-state index in [1.54, 1.807) is 0 Å². The van der Waals surface area contributed by atoms with Gasteiger partial charge in [0.05, 0.1) is 0 Å². The van der Waals surface area contributed by atoms with Crippen LogP contribution in [0.15, 0.2) is 103 Å². The van der Waals surface area contributed by atoms with Crippen molar-refractivity contribution < 1.29 is 9.47 Å². The maximum Gasteiger partial charge on any atom is 0.177 e. The van der Waals surface area contributed by atoms with E-state index in [4.69, 9.17) is 9.47 Å². The number of nitrogens with zero attached hydrogens (tertiary/aromatic N) is 1. The first-order valence-electron chi connectivity index (χ1n) is 11.9. The molecule has 3 nitrogen and oxygen atoms in total. The highest BCUT2D eigenvalue weighted by atomic mass is 16.6. The third kappa shape index (κ3) is 3.01. The van der Waals surface area contributed by atoms with Crippen LogP contribution in [0, 0.1) is 0 Å². The topological polar surface area (TPSA) is 31.4 Å². The number of pyridine rings is 1. The van der Waals surface area contributed by atoms with Crippen molar-refractivity contribution in [2.45, 2.75) is 19.3 Å². The highest BCUT2D eigenvalue weighted by Gasteiger charge is 2.37. The van der Waals surface area contributed by atoms with Crippen molar-refractivity contribution >= 4 is 0 Å². The molecule has 7 rings (SSSR count). The third-order valence-electron chi connectivity index (χ3n) is 7.25. The second-order valence-corrected chi connectivity index (χ2v) is 9.67. The van der Waals surface area contributed by atoms with Gasteiger partial charge in [0, 0.05) is 23.4 Å². The monoisotopic (exact) mass is 453 g/mol. The summed E-state index contributed by atoms with van der Waals surface area (Å²) >= 11 is 0. The molecule has 1 aromatic heterocycles. The molecule has 1 aliphatic carbocycles. The van der Waals surface area contributed by atoms with E-state index in [-0.39, 0.29) is 5.41 Å². The van der Waals surface area contributed by atoms with Gasteiger partial charge >= 0.3 is 0 Å². The summed E-state index contributed by atoms with van der Waals surface area (Å²) in [5.74, 6) is 3.00. The van der Waals surface area contributed by atoms with Crippen LogP contribution in [0.1, 0.15) is 25.0 Å². The van der Waals surface area contributed by atoms with Gasteiger partial charge in [-0.05, 0) is 75.3 Å². The number of hydrogen-bond donors (Lipinski definition) is 0. The number of rotatable bonds is 2. The molecule has 168 valence electrons. The first-order valence-corrected chi connectivity index (χ1v) is 11.9. The maximum atomic E-state index is 6.59. The molecule has 0 amide bonds. The van der Waals surface area contributed by atoms with Crippen molar-refractivity contribution in [3.05, 3.63) is 115 Å². The molecule has 35 heavy (non-hydrogen) atoms. The Labute approximate surface area is 204 Å². The minimum absolute atomic E-state index is 0.0943. The van der Waals surface area contributed by atoms with Crippen LogP contribution in [-0.2, 0) is 5.41 Å². The van der Waals surface area contributed by atoms with E-state index in [0.29, 0.717) is 0 Å². The summed E-state index contributed by atoms with van der Waals surface area (Å²) in [6.07, 6.45) is 3.64. The Bertz CT molecular complexity index is 1620. The summed E-state index contributed by atoms with van der Waals surface area (Å²) in [5.41, 5.74) is 9.35. The van der Waals surface area contributed by atoms with Crippen molar-refractivity contribution in [2.24, 2.45) is 0 Å². The molecule has 0 N–H and O–H groups in total. The zero-order valence-corrected chi connectivity index (χ0v) is 19.6. The fraction of sp³-hybridized carbons (Fsp3) is 0.0938. The van der Waals surface area contributed by atoms with Crippen LogP contribution in [0.2, 0.25) is 0 Å². The van der Waals surface area contributed by atoms with E-state index in [0.717, 1.165) is 45.3 Å². The summed E-state index contributed by atoms with van der Waals surface area (Å²) in [6, 6.07) is 31.6. The molecular weight excluding hydrogens is 430 g/mol. The molecule has 0 bridgehead atoms. The average Bonchev–Trinajstić information content (AvgIpc) is 3.12. The molecule has 2 aliphatic rings. The molecule has 0 saturated carbocycles. The lowest BCUT2D eigenvalue weighted by molar-refractivity contribution is 0.360. The zero-order valence-electron chi connectivity index (χ0n) is 19.6. The number of benzene rings is 4. The second kappa shape index (κ2) is 7.31. The van der Waals surface area contributed by atoms with Gasteiger partial charge in [0.25, 0.3) is 0 Å². The normalized spacial score (nSPS) is 14.1. The van der Waals surface area contributed by atoms with Gasteiger partial charge in [-0.3, -0.25) is 4.98 Å². The first kappa shape index (κ1) is 20.0. The van der Waals surface area contributed by atoms with E-state index in [9.17, 15) is 0 Å². The Kier molecular flexibility index (Phi) is 4.19. The van der Waals surface area contributed by atoms with Gasteiger partial charge in [0.2, 0.25) is 0 Å². The Balaban J connectivity index is 1.33. The standard InChI is InChI=1S/C32H23NO2/c1-32(2)26-11-4-3-9-24(26)25-18-29-30(19-27(25)32)35-31-23(10-6-12-28(31)34-29)22-8-5-7-21(17-22)20-13-15-33-16-14-20/h3-19H,1-2H3. The fourth-order valence-corrected chi connectivity index (χ4v) is 5.44. The van der Waals surface area contributed by atoms with E-state index >= 15 is 0 Å². The van der Waals surface area contributed by atoms with Crippen LogP contribution < -0.4 is 9.47 Å². The van der Waals surface area contributed by atoms with Crippen molar-refractivity contribution in [1.29, 1.82) is 0 Å². The fourth-order valence-electron chi connectivity index (χ4n) is 5.44. The lowest BCUT2D eigenvalue weighted by Gasteiger charge is -2.26. The molecule has 3 heteroatoms. The van der Waals surface area contributed by atoms with Crippen molar-refractivity contribution in [3.63, 3.8) is 0 Å². The van der Waals surface area contributed by atoms with Gasteiger partial charge in [0.1, 0.15) is 0 Å². The quantitative estimate of drug-likeness (QED) is 0.263. The van der Waals surface area contributed by atoms with Gasteiger partial charge < -0.3 is 9.47 Å². The van der Waals surface area contributed by atoms with Gasteiger partial charge in [-0.1, -0.05) is 68.4 Å². The Hall–Kier alpha value is -4.37. The second-order valence-electron chi connectivity index (χ2n) is 9.67. The molecule has 0 unspecified atom stereocenters. The van der Waals surface area contributed by atoms with Gasteiger partial charge in [-0.2, -0.15) is 0 Å². The molecule has 0 atom stereocenters. The molecule has 1 aliphatic heterocycles. The van der Waals surface area contributed by atoms with Crippen molar-refractivity contribution in [2.75, 3.05) is 0 Å². The van der Waals surface area contributed by atoms with Gasteiger partial charge in [-0.25, -0.2) is 0 Å². The Morgan fingerprint density at radius 1 is 0.543 bits per heavy atom. The van der Waals surface area contributed by atoms with E-state index in [1.807, 2.05) is 36.7 Å². The summed E-state index contributed by atoms with van der Waals surface area (Å²) in [6.45, 7) is 4.55. The lowest BCUT2D eigenvalue weighted by atomic mass is 9.82. The number of para-hydroxylation sites is 1. The molecule has 0 radical (unpaired) electrons. The lowest BCUT2D eigenvalue weighted by Crippen LogP contribution is -2.15. The third-order valence-corrected chi connectivity index (χ3v) is 7.25. The predicted molar refractivity (Wildman–Crippen MR) is 139 cm³/mol. The van der Waals surface area contributed by atoms with Crippen LogP contribution in [0.25, 0.3) is 33.4 Å². The molecule has 0 spiro atoms. The SMILES string of the molecule is CC1(C)c2ccccc2-c2cc3c(cc21)Oc1c(cccc1-c1cccc(-c2ccncc2)c1)O3.